The third kappa shape index (κ3) is 9.94. The van der Waals surface area contributed by atoms with Crippen LogP contribution in [0.15, 0.2) is 60.8 Å². The number of ketones is 1. The number of hydrogen-bond donors (Lipinski definition) is 1. The number of Topliss-reactive ketones (excluding diaryl/α,β-unsaturated/α-hetero) is 1. The van der Waals surface area contributed by atoms with Crippen LogP contribution in [0.25, 0.3) is 11.3 Å². The van der Waals surface area contributed by atoms with Gasteiger partial charge in [-0.25, -0.2) is 9.48 Å². The van der Waals surface area contributed by atoms with Crippen molar-refractivity contribution in [2.75, 3.05) is 20.3 Å². The number of unbranched alkanes of at least 4 members (excludes halogenated alkanes) is 2. The maximum atomic E-state index is 12.9. The fourth-order valence-electron chi connectivity index (χ4n) is 5.63. The molecule has 45 heavy (non-hydrogen) atoms. The van der Waals surface area contributed by atoms with E-state index in [9.17, 15) is 9.59 Å². The van der Waals surface area contributed by atoms with Crippen molar-refractivity contribution in [3.8, 4) is 17.0 Å². The Kier molecular flexibility index (Phi) is 13.1. The molecule has 1 aliphatic heterocycles. The number of carbonyl (C=O) groups excluding carboxylic acids is 2. The number of ether oxygens (including phenoxy) is 4. The number of aromatic nitrogens is 3. The highest BCUT2D eigenvalue weighted by Gasteiger charge is 2.40. The number of nitrogens with zero attached hydrogens (tertiary/aromatic N) is 3. The first kappa shape index (κ1) is 34.3. The molecule has 10 nitrogen and oxygen atoms in total. The highest BCUT2D eigenvalue weighted by atomic mass is 16.7. The summed E-state index contributed by atoms with van der Waals surface area (Å²) in [5, 5.41) is 8.73. The molecule has 1 aromatic heterocycles. The van der Waals surface area contributed by atoms with E-state index in [1.165, 1.54) is 0 Å². The summed E-state index contributed by atoms with van der Waals surface area (Å²) in [6.45, 7) is 7.79. The molecular weight excluding hydrogens is 572 g/mol. The average molecular weight is 621 g/mol. The summed E-state index contributed by atoms with van der Waals surface area (Å²) in [4.78, 5) is 25.5. The molecule has 1 fully saturated rings. The van der Waals surface area contributed by atoms with E-state index >= 15 is 0 Å². The minimum absolute atomic E-state index is 0.106. The van der Waals surface area contributed by atoms with E-state index in [1.807, 2.05) is 36.5 Å². The van der Waals surface area contributed by atoms with Gasteiger partial charge in [0.1, 0.15) is 23.3 Å². The Balaban J connectivity index is 1.39. The molecule has 0 radical (unpaired) electrons. The maximum Gasteiger partial charge on any atom is 0.338 e. The van der Waals surface area contributed by atoms with E-state index in [-0.39, 0.29) is 30.3 Å². The first-order valence-corrected chi connectivity index (χ1v) is 16.1. The third-order valence-electron chi connectivity index (χ3n) is 8.89. The van der Waals surface area contributed by atoms with Crippen molar-refractivity contribution in [3.05, 3.63) is 66.4 Å². The Bertz CT molecular complexity index is 1350. The van der Waals surface area contributed by atoms with Crippen LogP contribution in [-0.4, -0.2) is 65.5 Å². The summed E-state index contributed by atoms with van der Waals surface area (Å²) in [5.41, 5.74) is 7.71. The van der Waals surface area contributed by atoms with Crippen LogP contribution >= 0.6 is 0 Å². The van der Waals surface area contributed by atoms with Gasteiger partial charge in [0.15, 0.2) is 6.29 Å². The lowest BCUT2D eigenvalue weighted by atomic mass is 9.79. The second-order valence-corrected chi connectivity index (χ2v) is 12.1. The number of methoxy groups -OCH3 is 1. The van der Waals surface area contributed by atoms with Gasteiger partial charge in [-0.2, -0.15) is 0 Å². The molecule has 2 heterocycles. The quantitative estimate of drug-likeness (QED) is 0.149. The summed E-state index contributed by atoms with van der Waals surface area (Å²) in [5.74, 6) is 1.12. The summed E-state index contributed by atoms with van der Waals surface area (Å²) in [6.07, 6.45) is 4.52. The van der Waals surface area contributed by atoms with E-state index in [0.717, 1.165) is 36.3 Å². The predicted molar refractivity (Wildman–Crippen MR) is 172 cm³/mol. The van der Waals surface area contributed by atoms with Gasteiger partial charge in [0.05, 0.1) is 38.1 Å². The lowest BCUT2D eigenvalue weighted by Crippen LogP contribution is -2.48. The zero-order chi connectivity index (χ0) is 32.2. The summed E-state index contributed by atoms with van der Waals surface area (Å²) in [7, 11) is 1.64. The van der Waals surface area contributed by atoms with Crippen LogP contribution in [0.1, 0.15) is 69.7 Å². The van der Waals surface area contributed by atoms with Crippen LogP contribution in [0.2, 0.25) is 0 Å². The van der Waals surface area contributed by atoms with Crippen LogP contribution in [0.5, 0.6) is 5.75 Å². The molecule has 0 amide bonds. The van der Waals surface area contributed by atoms with E-state index in [4.69, 9.17) is 24.7 Å². The molecule has 6 atom stereocenters. The summed E-state index contributed by atoms with van der Waals surface area (Å²) in [6, 6.07) is 16.6. The minimum Gasteiger partial charge on any atom is -0.497 e. The van der Waals surface area contributed by atoms with E-state index in [2.05, 4.69) is 31.1 Å². The molecule has 0 spiro atoms. The highest BCUT2D eigenvalue weighted by molar-refractivity contribution is 5.89. The molecule has 0 bridgehead atoms. The van der Waals surface area contributed by atoms with Crippen molar-refractivity contribution >= 4 is 11.8 Å². The molecule has 0 aliphatic carbocycles. The van der Waals surface area contributed by atoms with E-state index in [1.54, 1.807) is 36.1 Å². The lowest BCUT2D eigenvalue weighted by molar-refractivity contribution is -0.257. The Morgan fingerprint density at radius 2 is 1.78 bits per heavy atom. The summed E-state index contributed by atoms with van der Waals surface area (Å²) >= 11 is 0. The number of nitrogens with two attached hydrogens (primary N) is 1. The van der Waals surface area contributed by atoms with E-state index in [0.29, 0.717) is 43.8 Å². The fraction of sp³-hybridized carbons (Fsp3) is 0.543. The topological polar surface area (TPSA) is 128 Å². The standard InChI is InChI=1S/C35H48N4O6/c1-24-25(2)33(22-39-21-32(37-38-39)28-14-11-16-30(20-28)42-4)45-35(26(24)3)43-23-31(18-17-29(40)15-9-6-10-19-36)44-34(41)27-12-7-5-8-13-27/h5,7-8,11-14,16,20-21,24-26,31,33,35H,6,9-10,15,17-19,22-23,36H2,1-4H3. The van der Waals surface area contributed by atoms with E-state index < -0.39 is 18.4 Å². The van der Waals surface area contributed by atoms with Crippen LogP contribution < -0.4 is 10.5 Å². The van der Waals surface area contributed by atoms with Crippen LogP contribution in [0, 0.1) is 17.8 Å². The first-order valence-electron chi connectivity index (χ1n) is 16.1. The number of rotatable bonds is 17. The van der Waals surface area contributed by atoms with Crippen molar-refractivity contribution in [3.63, 3.8) is 0 Å². The molecule has 3 aromatic rings. The molecular formula is C35H48N4O6. The number of carbonyl (C=O) groups is 2. The molecule has 10 heteroatoms. The Hall–Kier alpha value is -3.60. The highest BCUT2D eigenvalue weighted by Crippen LogP contribution is 2.36. The normalized spacial score (nSPS) is 22.1. The summed E-state index contributed by atoms with van der Waals surface area (Å²) < 4.78 is 25.9. The van der Waals surface area contributed by atoms with Crippen molar-refractivity contribution in [1.29, 1.82) is 0 Å². The van der Waals surface area contributed by atoms with Gasteiger partial charge in [-0.3, -0.25) is 4.79 Å². The second-order valence-electron chi connectivity index (χ2n) is 12.1. The fourth-order valence-corrected chi connectivity index (χ4v) is 5.63. The van der Waals surface area contributed by atoms with Crippen LogP contribution in [0.4, 0.5) is 0 Å². The van der Waals surface area contributed by atoms with Gasteiger partial charge in [-0.1, -0.05) is 62.7 Å². The van der Waals surface area contributed by atoms with Gasteiger partial charge >= 0.3 is 5.97 Å². The lowest BCUT2D eigenvalue weighted by Gasteiger charge is -2.43. The molecule has 2 N–H and O–H groups in total. The molecule has 1 saturated heterocycles. The smallest absolute Gasteiger partial charge is 0.338 e. The van der Waals surface area contributed by atoms with Crippen molar-refractivity contribution < 1.29 is 28.5 Å². The van der Waals surface area contributed by atoms with Gasteiger partial charge in [0.2, 0.25) is 0 Å². The average Bonchev–Trinajstić information content (AvgIpc) is 3.54. The number of hydrogen-bond acceptors (Lipinski definition) is 9. The first-order chi connectivity index (χ1) is 21.8. The van der Waals surface area contributed by atoms with Gasteiger partial charge in [0, 0.05) is 24.3 Å². The Morgan fingerprint density at radius 1 is 0.978 bits per heavy atom. The zero-order valence-electron chi connectivity index (χ0n) is 27.0. The van der Waals surface area contributed by atoms with Crippen molar-refractivity contribution in [2.45, 2.75) is 84.3 Å². The Morgan fingerprint density at radius 3 is 2.53 bits per heavy atom. The van der Waals surface area contributed by atoms with Crippen molar-refractivity contribution in [2.24, 2.45) is 23.5 Å². The largest absolute Gasteiger partial charge is 0.497 e. The van der Waals surface area contributed by atoms with Crippen molar-refractivity contribution in [1.82, 2.24) is 15.0 Å². The van der Waals surface area contributed by atoms with Gasteiger partial charge in [-0.15, -0.1) is 5.10 Å². The molecule has 6 unspecified atom stereocenters. The molecule has 4 rings (SSSR count). The van der Waals surface area contributed by atoms with Gasteiger partial charge < -0.3 is 24.7 Å². The van der Waals surface area contributed by atoms with Gasteiger partial charge in [-0.05, 0) is 61.9 Å². The molecule has 244 valence electrons. The number of benzene rings is 2. The maximum absolute atomic E-state index is 12.9. The molecule has 1 aliphatic rings. The minimum atomic E-state index is -0.588. The Labute approximate surface area is 266 Å². The predicted octanol–water partition coefficient (Wildman–Crippen LogP) is 5.70. The molecule has 0 saturated carbocycles. The second kappa shape index (κ2) is 17.2. The SMILES string of the molecule is COc1cccc(-c2cn(CC3OC(OCC(CCC(=O)CCCCCN)OC(=O)c4ccccc4)C(C)C(C)C3C)nn2)c1. The van der Waals surface area contributed by atoms with Crippen LogP contribution in [-0.2, 0) is 25.5 Å². The van der Waals surface area contributed by atoms with Gasteiger partial charge in [0.25, 0.3) is 0 Å². The third-order valence-corrected chi connectivity index (χ3v) is 8.89. The van der Waals surface area contributed by atoms with Crippen LogP contribution in [0.3, 0.4) is 0 Å². The molecule has 2 aromatic carbocycles. The monoisotopic (exact) mass is 620 g/mol. The zero-order valence-corrected chi connectivity index (χ0v) is 27.0. The number of esters is 1.